The number of aliphatic carboxylic acids is 1. The van der Waals surface area contributed by atoms with Gasteiger partial charge in [-0.1, -0.05) is 42.0 Å². The molecule has 2 bridgehead atoms. The zero-order valence-electron chi connectivity index (χ0n) is 13.4. The number of hydrogen-bond acceptors (Lipinski definition) is 4. The predicted molar refractivity (Wildman–Crippen MR) is 86.4 cm³/mol. The molecule has 0 radical (unpaired) electrons. The van der Waals surface area contributed by atoms with Crippen LogP contribution in [0.15, 0.2) is 42.0 Å². The highest BCUT2D eigenvalue weighted by atomic mass is 16.6. The standard InChI is InChI=1S/C18H21NO5/c20-17(21)7-6-14-8-15-11-23-12-16(9-14)19(15)18(22)24-10-13-4-2-1-3-5-13/h1-6,15-16H,7-12H2,(H,20,21). The van der Waals surface area contributed by atoms with Crippen LogP contribution in [0.25, 0.3) is 0 Å². The molecule has 1 amide bonds. The van der Waals surface area contributed by atoms with Crippen LogP contribution in [0.2, 0.25) is 0 Å². The minimum atomic E-state index is -0.839. The van der Waals surface area contributed by atoms with Gasteiger partial charge in [0.05, 0.1) is 31.7 Å². The van der Waals surface area contributed by atoms with Gasteiger partial charge < -0.3 is 14.6 Å². The summed E-state index contributed by atoms with van der Waals surface area (Å²) < 4.78 is 11.0. The van der Waals surface area contributed by atoms with Gasteiger partial charge in [0.2, 0.25) is 0 Å². The summed E-state index contributed by atoms with van der Waals surface area (Å²) in [4.78, 5) is 25.0. The molecule has 1 N–H and O–H groups in total. The summed E-state index contributed by atoms with van der Waals surface area (Å²) in [6.07, 6.45) is 2.75. The number of morpholine rings is 1. The quantitative estimate of drug-likeness (QED) is 0.858. The SMILES string of the molecule is O=C(O)CC=C1CC2COCC(C1)N2C(=O)OCc1ccccc1. The second kappa shape index (κ2) is 7.49. The zero-order valence-corrected chi connectivity index (χ0v) is 13.4. The lowest BCUT2D eigenvalue weighted by atomic mass is 9.89. The minimum Gasteiger partial charge on any atom is -0.481 e. The topological polar surface area (TPSA) is 76.1 Å². The van der Waals surface area contributed by atoms with Crippen molar-refractivity contribution in [2.45, 2.75) is 38.0 Å². The monoisotopic (exact) mass is 331 g/mol. The van der Waals surface area contributed by atoms with E-state index in [0.29, 0.717) is 26.1 Å². The van der Waals surface area contributed by atoms with Crippen LogP contribution in [0.4, 0.5) is 4.79 Å². The van der Waals surface area contributed by atoms with Crippen molar-refractivity contribution in [3.05, 3.63) is 47.5 Å². The average Bonchev–Trinajstić information content (AvgIpc) is 2.58. The Morgan fingerprint density at radius 3 is 2.50 bits per heavy atom. The van der Waals surface area contributed by atoms with Gasteiger partial charge in [0.25, 0.3) is 0 Å². The molecule has 0 aliphatic carbocycles. The summed E-state index contributed by atoms with van der Waals surface area (Å²) >= 11 is 0. The number of rotatable bonds is 4. The molecule has 1 aromatic carbocycles. The molecule has 0 saturated carbocycles. The number of hydrogen-bond donors (Lipinski definition) is 1. The molecular weight excluding hydrogens is 310 g/mol. The van der Waals surface area contributed by atoms with Crippen molar-refractivity contribution in [2.75, 3.05) is 13.2 Å². The molecule has 6 heteroatoms. The van der Waals surface area contributed by atoms with Gasteiger partial charge in [-0.05, 0) is 18.4 Å². The number of fused-ring (bicyclic) bond motifs is 2. The van der Waals surface area contributed by atoms with Gasteiger partial charge in [0.1, 0.15) is 6.61 Å². The number of carboxylic acid groups (broad SMARTS) is 1. The third kappa shape index (κ3) is 3.94. The summed E-state index contributed by atoms with van der Waals surface area (Å²) in [5.74, 6) is -0.839. The molecule has 2 heterocycles. The number of carbonyl (C=O) groups excluding carboxylic acids is 1. The van der Waals surface area contributed by atoms with Gasteiger partial charge in [-0.25, -0.2) is 4.79 Å². The van der Waals surface area contributed by atoms with Crippen LogP contribution in [0.5, 0.6) is 0 Å². The molecule has 1 aromatic rings. The molecule has 3 rings (SSSR count). The van der Waals surface area contributed by atoms with E-state index in [-0.39, 0.29) is 31.2 Å². The van der Waals surface area contributed by atoms with Gasteiger partial charge in [-0.2, -0.15) is 0 Å². The first-order chi connectivity index (χ1) is 11.6. The largest absolute Gasteiger partial charge is 0.481 e. The fraction of sp³-hybridized carbons (Fsp3) is 0.444. The van der Waals surface area contributed by atoms with E-state index in [1.807, 2.05) is 30.3 Å². The van der Waals surface area contributed by atoms with Crippen LogP contribution in [0.1, 0.15) is 24.8 Å². The maximum absolute atomic E-state index is 12.5. The number of piperidine rings is 1. The van der Waals surface area contributed by atoms with Crippen molar-refractivity contribution in [3.63, 3.8) is 0 Å². The Kier molecular flexibility index (Phi) is 5.15. The maximum Gasteiger partial charge on any atom is 0.410 e. The van der Waals surface area contributed by atoms with Crippen molar-refractivity contribution >= 4 is 12.1 Å². The third-order valence-electron chi connectivity index (χ3n) is 4.38. The Bertz CT molecular complexity index is 612. The van der Waals surface area contributed by atoms with Crippen LogP contribution in [-0.4, -0.2) is 47.4 Å². The Morgan fingerprint density at radius 1 is 1.21 bits per heavy atom. The maximum atomic E-state index is 12.5. The highest BCUT2D eigenvalue weighted by molar-refractivity contribution is 5.70. The lowest BCUT2D eigenvalue weighted by Gasteiger charge is -2.45. The number of nitrogens with zero attached hydrogens (tertiary/aromatic N) is 1. The lowest BCUT2D eigenvalue weighted by Crippen LogP contribution is -2.57. The van der Waals surface area contributed by atoms with E-state index in [4.69, 9.17) is 14.6 Å². The summed E-state index contributed by atoms with van der Waals surface area (Å²) in [7, 11) is 0. The first-order valence-electron chi connectivity index (χ1n) is 8.10. The zero-order chi connectivity index (χ0) is 16.9. The predicted octanol–water partition coefficient (Wildman–Crippen LogP) is 2.59. The Labute approximate surface area is 140 Å². The van der Waals surface area contributed by atoms with Crippen molar-refractivity contribution in [1.82, 2.24) is 4.90 Å². The smallest absolute Gasteiger partial charge is 0.410 e. The third-order valence-corrected chi connectivity index (χ3v) is 4.38. The Morgan fingerprint density at radius 2 is 1.88 bits per heavy atom. The molecule has 128 valence electrons. The minimum absolute atomic E-state index is 0.0219. The van der Waals surface area contributed by atoms with E-state index in [9.17, 15) is 9.59 Å². The van der Waals surface area contributed by atoms with E-state index in [0.717, 1.165) is 11.1 Å². The average molecular weight is 331 g/mol. The first-order valence-corrected chi connectivity index (χ1v) is 8.10. The molecule has 2 unspecified atom stereocenters. The fourth-order valence-corrected chi connectivity index (χ4v) is 3.29. The molecule has 2 fully saturated rings. The summed E-state index contributed by atoms with van der Waals surface area (Å²) in [6, 6.07) is 9.41. The van der Waals surface area contributed by atoms with Crippen molar-refractivity contribution < 1.29 is 24.2 Å². The normalized spacial score (nSPS) is 22.8. The van der Waals surface area contributed by atoms with Crippen LogP contribution in [-0.2, 0) is 20.9 Å². The fourth-order valence-electron chi connectivity index (χ4n) is 3.29. The number of amides is 1. The molecular formula is C18H21NO5. The van der Waals surface area contributed by atoms with Gasteiger partial charge in [-0.15, -0.1) is 0 Å². The van der Waals surface area contributed by atoms with Gasteiger partial charge in [-0.3, -0.25) is 9.69 Å². The lowest BCUT2D eigenvalue weighted by molar-refractivity contribution is -0.136. The van der Waals surface area contributed by atoms with Gasteiger partial charge in [0.15, 0.2) is 0 Å². The molecule has 2 aliphatic rings. The molecule has 6 nitrogen and oxygen atoms in total. The van der Waals surface area contributed by atoms with Gasteiger partial charge >= 0.3 is 12.1 Å². The highest BCUT2D eigenvalue weighted by Crippen LogP contribution is 2.32. The van der Waals surface area contributed by atoms with E-state index in [2.05, 4.69) is 0 Å². The van der Waals surface area contributed by atoms with Crippen LogP contribution >= 0.6 is 0 Å². The molecule has 0 aromatic heterocycles. The van der Waals surface area contributed by atoms with Crippen molar-refractivity contribution in [2.24, 2.45) is 0 Å². The number of benzene rings is 1. The molecule has 2 aliphatic heterocycles. The molecule has 0 spiro atoms. The number of carbonyl (C=O) groups is 2. The van der Waals surface area contributed by atoms with Gasteiger partial charge in [0, 0.05) is 0 Å². The molecule has 24 heavy (non-hydrogen) atoms. The molecule has 2 saturated heterocycles. The summed E-state index contributed by atoms with van der Waals surface area (Å²) in [5.41, 5.74) is 2.04. The summed E-state index contributed by atoms with van der Waals surface area (Å²) in [5, 5.41) is 8.81. The second-order valence-corrected chi connectivity index (χ2v) is 6.16. The highest BCUT2D eigenvalue weighted by Gasteiger charge is 2.40. The Hall–Kier alpha value is -2.34. The van der Waals surface area contributed by atoms with Crippen molar-refractivity contribution in [3.8, 4) is 0 Å². The van der Waals surface area contributed by atoms with Crippen LogP contribution < -0.4 is 0 Å². The van der Waals surface area contributed by atoms with E-state index < -0.39 is 5.97 Å². The Balaban J connectivity index is 1.62. The number of ether oxygens (including phenoxy) is 2. The van der Waals surface area contributed by atoms with E-state index in [1.54, 1.807) is 11.0 Å². The number of carboxylic acids is 1. The first kappa shape index (κ1) is 16.5. The van der Waals surface area contributed by atoms with Crippen LogP contribution in [0.3, 0.4) is 0 Å². The summed E-state index contributed by atoms with van der Waals surface area (Å²) in [6.45, 7) is 1.17. The van der Waals surface area contributed by atoms with Crippen LogP contribution in [0, 0.1) is 0 Å². The van der Waals surface area contributed by atoms with E-state index >= 15 is 0 Å². The van der Waals surface area contributed by atoms with Crippen molar-refractivity contribution in [1.29, 1.82) is 0 Å². The van der Waals surface area contributed by atoms with E-state index in [1.165, 1.54) is 0 Å². The second-order valence-electron chi connectivity index (χ2n) is 6.16. The molecule has 2 atom stereocenters.